The molecular formula is C25H25N3O8S. The molecule has 1 fully saturated rings. The van der Waals surface area contributed by atoms with Crippen molar-refractivity contribution in [1.29, 1.82) is 0 Å². The molecule has 4 rings (SSSR count). The zero-order chi connectivity index (χ0) is 26.6. The van der Waals surface area contributed by atoms with Crippen LogP contribution < -0.4 is 10.5 Å². The number of carbonyl (C=O) groups excluding carboxylic acids is 3. The molecule has 11 nitrogen and oxygen atoms in total. The Kier molecular flexibility index (Phi) is 7.69. The van der Waals surface area contributed by atoms with Crippen LogP contribution in [0.15, 0.2) is 64.8 Å². The third-order valence-electron chi connectivity index (χ3n) is 5.84. The highest BCUT2D eigenvalue weighted by Gasteiger charge is 2.66. The van der Waals surface area contributed by atoms with Crippen molar-refractivity contribution in [2.45, 2.75) is 17.7 Å². The van der Waals surface area contributed by atoms with E-state index in [4.69, 9.17) is 24.7 Å². The van der Waals surface area contributed by atoms with Crippen LogP contribution in [-0.2, 0) is 30.4 Å². The Bertz CT molecular complexity index is 1260. The number of hydrogen-bond donors (Lipinski definition) is 2. The maximum atomic E-state index is 13.4. The molecule has 0 radical (unpaired) electrons. The molecule has 12 heteroatoms. The van der Waals surface area contributed by atoms with Crippen molar-refractivity contribution in [2.75, 3.05) is 26.6 Å². The van der Waals surface area contributed by atoms with Crippen molar-refractivity contribution in [3.8, 4) is 11.5 Å². The van der Waals surface area contributed by atoms with E-state index in [0.717, 1.165) is 0 Å². The summed E-state index contributed by atoms with van der Waals surface area (Å²) >= 11 is 1.28. The summed E-state index contributed by atoms with van der Waals surface area (Å²) in [6.07, 6.45) is 0.338. The van der Waals surface area contributed by atoms with E-state index < -0.39 is 29.1 Å². The average molecular weight is 528 g/mol. The number of amides is 2. The highest BCUT2D eigenvalue weighted by molar-refractivity contribution is 8.00. The Labute approximate surface area is 216 Å². The number of benzene rings is 2. The number of methoxy groups -OCH3 is 2. The lowest BCUT2D eigenvalue weighted by Crippen LogP contribution is -2.73. The second kappa shape index (κ2) is 10.9. The molecule has 2 atom stereocenters. The average Bonchev–Trinajstić information content (AvgIpc) is 2.91. The maximum Gasteiger partial charge on any atom is 0.404 e. The summed E-state index contributed by atoms with van der Waals surface area (Å²) < 4.78 is 21.1. The van der Waals surface area contributed by atoms with E-state index in [1.807, 2.05) is 0 Å². The van der Waals surface area contributed by atoms with Crippen LogP contribution in [-0.4, -0.2) is 71.9 Å². The van der Waals surface area contributed by atoms with Gasteiger partial charge in [0.25, 0.3) is 11.6 Å². The zero-order valence-electron chi connectivity index (χ0n) is 20.1. The number of phenolic OH excluding ortho intramolecular Hbond substituents is 1. The fourth-order valence-corrected chi connectivity index (χ4v) is 5.30. The largest absolute Gasteiger partial charge is 0.507 e. The number of phenols is 1. The Morgan fingerprint density at radius 3 is 2.54 bits per heavy atom. The minimum absolute atomic E-state index is 0.00832. The van der Waals surface area contributed by atoms with Gasteiger partial charge in [-0.2, -0.15) is 0 Å². The number of nitrogens with zero attached hydrogens (tertiary/aromatic N) is 2. The zero-order valence-corrected chi connectivity index (χ0v) is 20.9. The Morgan fingerprint density at radius 2 is 1.89 bits per heavy atom. The van der Waals surface area contributed by atoms with Gasteiger partial charge in [0.2, 0.25) is 0 Å². The molecule has 2 aliphatic heterocycles. The fourth-order valence-electron chi connectivity index (χ4n) is 3.89. The van der Waals surface area contributed by atoms with E-state index in [-0.39, 0.29) is 30.4 Å². The topological polar surface area (TPSA) is 150 Å². The summed E-state index contributed by atoms with van der Waals surface area (Å²) in [5.41, 5.74) is 4.91. The molecule has 0 spiro atoms. The van der Waals surface area contributed by atoms with Crippen molar-refractivity contribution in [3.05, 3.63) is 70.9 Å². The summed E-state index contributed by atoms with van der Waals surface area (Å²) in [6.45, 7) is -0.343. The van der Waals surface area contributed by atoms with Gasteiger partial charge in [-0.05, 0) is 29.8 Å². The van der Waals surface area contributed by atoms with Crippen molar-refractivity contribution in [1.82, 2.24) is 4.90 Å². The predicted molar refractivity (Wildman–Crippen MR) is 134 cm³/mol. The standard InChI is InChI=1S/C25H25N3O8S/c1-33-18-9-7-15(8-10-18)12-35-21(30)20-17(13-36-24(26)32)14-37-23-25(34-2,22(31)28(20)23)27-11-16-5-3-4-6-19(16)29/h3-11,23,29H,12-14H2,1-2H3,(H2,26,32)/b27-11-/t23?,25-/m0/s1. The summed E-state index contributed by atoms with van der Waals surface area (Å²) in [5, 5.41) is 9.34. The van der Waals surface area contributed by atoms with Crippen LogP contribution in [0.25, 0.3) is 0 Å². The van der Waals surface area contributed by atoms with Gasteiger partial charge in [0.05, 0.1) is 7.11 Å². The minimum Gasteiger partial charge on any atom is -0.507 e. The number of thioether (sulfide) groups is 1. The second-order valence-corrected chi connectivity index (χ2v) is 9.11. The van der Waals surface area contributed by atoms with E-state index in [1.54, 1.807) is 49.6 Å². The van der Waals surface area contributed by atoms with Gasteiger partial charge < -0.3 is 29.8 Å². The van der Waals surface area contributed by atoms with E-state index >= 15 is 0 Å². The number of nitrogens with two attached hydrogens (primary N) is 1. The number of aromatic hydroxyl groups is 1. The van der Waals surface area contributed by atoms with Gasteiger partial charge in [-0.1, -0.05) is 24.3 Å². The molecule has 3 N–H and O–H groups in total. The number of carbonyl (C=O) groups is 3. The molecule has 1 unspecified atom stereocenters. The van der Waals surface area contributed by atoms with Gasteiger partial charge in [0.15, 0.2) is 0 Å². The number of β-lactam (4-membered cyclic amide) rings is 1. The molecule has 0 saturated carbocycles. The van der Waals surface area contributed by atoms with Gasteiger partial charge in [-0.25, -0.2) is 14.6 Å². The Morgan fingerprint density at radius 1 is 1.16 bits per heavy atom. The summed E-state index contributed by atoms with van der Waals surface area (Å²) in [5.74, 6) is -0.501. The molecule has 2 aromatic carbocycles. The molecule has 0 aromatic heterocycles. The SMILES string of the molecule is COc1ccc(COC(=O)C2=C(COC(N)=O)CSC3N2C(=O)[C@]3(/N=C\c2ccccc2O)OC)cc1. The smallest absolute Gasteiger partial charge is 0.404 e. The summed E-state index contributed by atoms with van der Waals surface area (Å²) in [7, 11) is 2.89. The lowest BCUT2D eigenvalue weighted by atomic mass is 9.98. The van der Waals surface area contributed by atoms with Crippen LogP contribution in [0.5, 0.6) is 11.5 Å². The van der Waals surface area contributed by atoms with E-state index in [1.165, 1.54) is 36.1 Å². The maximum absolute atomic E-state index is 13.4. The third-order valence-corrected chi connectivity index (χ3v) is 7.20. The first-order valence-corrected chi connectivity index (χ1v) is 12.1. The van der Waals surface area contributed by atoms with Gasteiger partial charge in [-0.3, -0.25) is 9.69 Å². The predicted octanol–water partition coefficient (Wildman–Crippen LogP) is 2.17. The van der Waals surface area contributed by atoms with Crippen LogP contribution >= 0.6 is 11.8 Å². The van der Waals surface area contributed by atoms with Crippen LogP contribution in [0.1, 0.15) is 11.1 Å². The number of esters is 1. The number of rotatable bonds is 9. The third kappa shape index (κ3) is 5.11. The van der Waals surface area contributed by atoms with Gasteiger partial charge in [0.1, 0.15) is 35.8 Å². The molecule has 2 aromatic rings. The van der Waals surface area contributed by atoms with Gasteiger partial charge in [0, 0.05) is 30.2 Å². The first-order valence-electron chi connectivity index (χ1n) is 11.1. The van der Waals surface area contributed by atoms with Gasteiger partial charge in [-0.15, -0.1) is 11.8 Å². The minimum atomic E-state index is -1.62. The van der Waals surface area contributed by atoms with Crippen LogP contribution in [0, 0.1) is 0 Å². The number of aliphatic imine (C=N–C) groups is 1. The van der Waals surface area contributed by atoms with Gasteiger partial charge >= 0.3 is 12.1 Å². The molecular weight excluding hydrogens is 502 g/mol. The quantitative estimate of drug-likeness (QED) is 0.284. The molecule has 2 heterocycles. The number of primary amides is 1. The van der Waals surface area contributed by atoms with Crippen LogP contribution in [0.4, 0.5) is 4.79 Å². The highest BCUT2D eigenvalue weighted by Crippen LogP contribution is 2.49. The van der Waals surface area contributed by atoms with Crippen molar-refractivity contribution in [3.63, 3.8) is 0 Å². The monoisotopic (exact) mass is 527 g/mol. The van der Waals surface area contributed by atoms with Crippen LogP contribution in [0.2, 0.25) is 0 Å². The fraction of sp³-hybridized carbons (Fsp3) is 0.280. The number of para-hydroxylation sites is 1. The molecule has 37 heavy (non-hydrogen) atoms. The van der Waals surface area contributed by atoms with Crippen molar-refractivity contribution < 1.29 is 38.4 Å². The number of fused-ring (bicyclic) bond motifs is 1. The molecule has 0 aliphatic carbocycles. The second-order valence-electron chi connectivity index (χ2n) is 8.04. The molecule has 2 aliphatic rings. The molecule has 194 valence electrons. The first-order chi connectivity index (χ1) is 17.8. The highest BCUT2D eigenvalue weighted by atomic mass is 32.2. The number of hydrogen-bond acceptors (Lipinski definition) is 10. The van der Waals surface area contributed by atoms with E-state index in [0.29, 0.717) is 22.4 Å². The molecule has 2 amide bonds. The molecule has 1 saturated heterocycles. The summed E-state index contributed by atoms with van der Waals surface area (Å²) in [4.78, 5) is 43.4. The normalized spacial score (nSPS) is 20.9. The first kappa shape index (κ1) is 26.0. The van der Waals surface area contributed by atoms with E-state index in [2.05, 4.69) is 4.99 Å². The summed E-state index contributed by atoms with van der Waals surface area (Å²) in [6, 6.07) is 13.5. The number of ether oxygens (including phenoxy) is 4. The lowest BCUT2D eigenvalue weighted by molar-refractivity contribution is -0.183. The Balaban J connectivity index is 1.59. The molecule has 0 bridgehead atoms. The van der Waals surface area contributed by atoms with Crippen molar-refractivity contribution >= 4 is 35.9 Å². The Hall–Kier alpha value is -4.03. The lowest BCUT2D eigenvalue weighted by Gasteiger charge is -2.53. The van der Waals surface area contributed by atoms with Crippen LogP contribution in [0.3, 0.4) is 0 Å². The van der Waals surface area contributed by atoms with Crippen molar-refractivity contribution in [2.24, 2.45) is 10.7 Å². The van der Waals surface area contributed by atoms with E-state index in [9.17, 15) is 19.5 Å².